The summed E-state index contributed by atoms with van der Waals surface area (Å²) < 4.78 is 136. The van der Waals surface area contributed by atoms with Crippen LogP contribution in [-0.4, -0.2) is 69.0 Å². The van der Waals surface area contributed by atoms with Crippen molar-refractivity contribution in [2.75, 3.05) is 24.2 Å². The van der Waals surface area contributed by atoms with Crippen LogP contribution >= 0.6 is 11.6 Å². The molecule has 1 saturated heterocycles. The van der Waals surface area contributed by atoms with Gasteiger partial charge in [-0.25, -0.2) is 22.2 Å². The molecule has 0 bridgehead atoms. The number of carbonyl (C=O) groups is 1. The van der Waals surface area contributed by atoms with Gasteiger partial charge in [0.2, 0.25) is 15.9 Å². The van der Waals surface area contributed by atoms with Gasteiger partial charge in [-0.1, -0.05) is 23.6 Å². The maximum Gasteiger partial charge on any atom is 0.435 e. The summed E-state index contributed by atoms with van der Waals surface area (Å²) in [5, 5.41) is 21.7. The maximum absolute atomic E-state index is 15.4. The summed E-state index contributed by atoms with van der Waals surface area (Å²) in [5.74, 6) is -3.64. The van der Waals surface area contributed by atoms with Gasteiger partial charge in [-0.15, -0.1) is 0 Å². The minimum atomic E-state index is -5.09. The molecule has 316 valence electrons. The molecule has 3 aromatic heterocycles. The van der Waals surface area contributed by atoms with Gasteiger partial charge >= 0.3 is 6.18 Å². The van der Waals surface area contributed by atoms with Gasteiger partial charge in [0, 0.05) is 48.6 Å². The van der Waals surface area contributed by atoms with Crippen molar-refractivity contribution in [2.24, 2.45) is 13.0 Å². The molecule has 0 radical (unpaired) electrons. The number of hydrogen-bond donors (Lipinski definition) is 3. The summed E-state index contributed by atoms with van der Waals surface area (Å²) in [7, 11) is -2.36. The number of benzene rings is 2. The Morgan fingerprint density at radius 3 is 2.43 bits per heavy atom. The van der Waals surface area contributed by atoms with Crippen LogP contribution in [0.15, 0.2) is 42.5 Å². The molecule has 4 heterocycles. The summed E-state index contributed by atoms with van der Waals surface area (Å²) in [4.78, 5) is 18.7. The van der Waals surface area contributed by atoms with Crippen LogP contribution < -0.4 is 10.0 Å². The normalized spacial score (nSPS) is 19.6. The van der Waals surface area contributed by atoms with E-state index in [1.165, 1.54) is 29.9 Å². The van der Waals surface area contributed by atoms with Crippen molar-refractivity contribution < 1.29 is 53.8 Å². The second-order valence-corrected chi connectivity index (χ2v) is 17.3. The standard InChI is InChI=1S/C39H33ClF7N7O5S/c1-53-33-24(5-6-27(40)31(33)36(51-53)52-60(2,57)58)23-4-3-22(7-8-37(56)9-11-59-12-10-37)48-32(23)28(15-19-13-20(41)16-21(42)14-19)49-29(55)18-54-35-30(34(50-54)39(45,46)47)25-17-26(25)38(35,43)44/h3-6,13-14,16,25-26,28,56H,9-12,15,17-18H2,1-2H3,(H,49,55)(H,51,52)/t25-,26+,28-/m0/s1. The Morgan fingerprint density at radius 1 is 1.08 bits per heavy atom. The van der Waals surface area contributed by atoms with Crippen LogP contribution in [0.5, 0.6) is 0 Å². The summed E-state index contributed by atoms with van der Waals surface area (Å²) in [6, 6.07) is 7.20. The van der Waals surface area contributed by atoms with Gasteiger partial charge in [0.15, 0.2) is 11.5 Å². The Morgan fingerprint density at radius 2 is 1.77 bits per heavy atom. The average Bonchev–Trinajstić information content (AvgIpc) is 3.68. The largest absolute Gasteiger partial charge is 0.435 e. The van der Waals surface area contributed by atoms with E-state index < -0.39 is 93.1 Å². The van der Waals surface area contributed by atoms with Gasteiger partial charge in [0.05, 0.1) is 47.1 Å². The van der Waals surface area contributed by atoms with Crippen LogP contribution in [0.2, 0.25) is 5.02 Å². The number of rotatable bonds is 9. The third-order valence-corrected chi connectivity index (χ3v) is 11.6. The number of ether oxygens (including phenoxy) is 1. The lowest BCUT2D eigenvalue weighted by molar-refractivity contribution is -0.142. The van der Waals surface area contributed by atoms with Crippen LogP contribution in [0.4, 0.5) is 36.6 Å². The summed E-state index contributed by atoms with van der Waals surface area (Å²) in [6.45, 7) is -0.615. The molecule has 1 aliphatic heterocycles. The Bertz CT molecular complexity index is 2740. The smallest absolute Gasteiger partial charge is 0.381 e. The van der Waals surface area contributed by atoms with E-state index in [0.29, 0.717) is 16.3 Å². The lowest BCUT2D eigenvalue weighted by Crippen LogP contribution is -2.35. The number of hydrogen-bond acceptors (Lipinski definition) is 8. The third-order valence-electron chi connectivity index (χ3n) is 10.7. The van der Waals surface area contributed by atoms with Crippen LogP contribution in [0.3, 0.4) is 0 Å². The number of fused-ring (bicyclic) bond motifs is 4. The number of aryl methyl sites for hydroxylation is 1. The first kappa shape index (κ1) is 41.5. The number of carbonyl (C=O) groups excluding carboxylic acids is 1. The fourth-order valence-electron chi connectivity index (χ4n) is 8.04. The number of pyridine rings is 1. The molecular formula is C39H33ClF7N7O5S. The average molecular weight is 880 g/mol. The van der Waals surface area contributed by atoms with Crippen LogP contribution in [0, 0.1) is 29.4 Å². The SMILES string of the molecule is Cn1nc(NS(C)(=O)=O)c2c(Cl)ccc(-c3ccc(C#CC4(O)CCOCC4)nc3[C@H](Cc3cc(F)cc(F)c3)NC(=O)Cn3nc(C(F)(F)F)c4c3C(F)(F)[C@@H]3C[C@H]43)c21. The molecule has 1 saturated carbocycles. The molecule has 5 aromatic rings. The van der Waals surface area contributed by atoms with E-state index in [1.807, 2.05) is 0 Å². The number of nitrogens with zero attached hydrogens (tertiary/aromatic N) is 5. The molecule has 1 amide bonds. The molecule has 0 spiro atoms. The molecule has 3 aliphatic rings. The Kier molecular flexibility index (Phi) is 10.2. The summed E-state index contributed by atoms with van der Waals surface area (Å²) in [6.07, 6.45) is -4.36. The van der Waals surface area contributed by atoms with Gasteiger partial charge in [-0.3, -0.25) is 18.9 Å². The van der Waals surface area contributed by atoms with Crippen molar-refractivity contribution in [3.8, 4) is 23.0 Å². The first-order valence-electron chi connectivity index (χ1n) is 18.4. The molecule has 3 atom stereocenters. The van der Waals surface area contributed by atoms with E-state index in [1.54, 1.807) is 6.07 Å². The minimum Gasteiger partial charge on any atom is -0.381 e. The highest BCUT2D eigenvalue weighted by Crippen LogP contribution is 2.68. The molecule has 2 aliphatic carbocycles. The van der Waals surface area contributed by atoms with Crippen LogP contribution in [-0.2, 0) is 51.7 Å². The molecular weight excluding hydrogens is 847 g/mol. The second kappa shape index (κ2) is 14.7. The number of nitrogens with one attached hydrogen (secondary N) is 2. The van der Waals surface area contributed by atoms with E-state index in [2.05, 4.69) is 32.1 Å². The van der Waals surface area contributed by atoms with Gasteiger partial charge in [0.25, 0.3) is 5.92 Å². The van der Waals surface area contributed by atoms with E-state index in [0.717, 1.165) is 18.4 Å². The zero-order valence-corrected chi connectivity index (χ0v) is 33.0. The molecule has 0 unspecified atom stereocenters. The first-order valence-corrected chi connectivity index (χ1v) is 20.7. The lowest BCUT2D eigenvalue weighted by atomic mass is 9.93. The molecule has 21 heteroatoms. The zero-order chi connectivity index (χ0) is 43.1. The molecule has 2 aromatic carbocycles. The summed E-state index contributed by atoms with van der Waals surface area (Å²) in [5.41, 5.74) is -3.80. The Balaban J connectivity index is 1.28. The van der Waals surface area contributed by atoms with E-state index in [-0.39, 0.29) is 76.7 Å². The van der Waals surface area contributed by atoms with Gasteiger partial charge in [-0.2, -0.15) is 32.1 Å². The minimum absolute atomic E-state index is 0.00839. The van der Waals surface area contributed by atoms with Gasteiger partial charge < -0.3 is 15.2 Å². The predicted molar refractivity (Wildman–Crippen MR) is 202 cm³/mol. The van der Waals surface area contributed by atoms with Crippen molar-refractivity contribution in [1.82, 2.24) is 29.9 Å². The monoisotopic (exact) mass is 879 g/mol. The molecule has 60 heavy (non-hydrogen) atoms. The second-order valence-electron chi connectivity index (χ2n) is 15.1. The van der Waals surface area contributed by atoms with E-state index in [4.69, 9.17) is 21.3 Å². The molecule has 2 fully saturated rings. The maximum atomic E-state index is 15.4. The number of aromatic nitrogens is 5. The Labute approximate surface area is 342 Å². The highest BCUT2D eigenvalue weighted by Gasteiger charge is 2.68. The van der Waals surface area contributed by atoms with Gasteiger partial charge in [0.1, 0.15) is 35.2 Å². The first-order chi connectivity index (χ1) is 28.1. The van der Waals surface area contributed by atoms with Crippen molar-refractivity contribution in [3.05, 3.63) is 93.0 Å². The molecule has 8 rings (SSSR count). The van der Waals surface area contributed by atoms with Crippen molar-refractivity contribution in [1.29, 1.82) is 0 Å². The van der Waals surface area contributed by atoms with Crippen molar-refractivity contribution in [3.63, 3.8) is 0 Å². The van der Waals surface area contributed by atoms with Crippen LogP contribution in [0.1, 0.15) is 65.1 Å². The van der Waals surface area contributed by atoms with E-state index >= 15 is 8.78 Å². The fraction of sp³-hybridized carbons (Fsp3) is 0.385. The molecule has 12 nitrogen and oxygen atoms in total. The number of amides is 1. The number of alkyl halides is 5. The van der Waals surface area contributed by atoms with Crippen molar-refractivity contribution in [2.45, 2.75) is 61.9 Å². The quantitative estimate of drug-likeness (QED) is 0.114. The highest BCUT2D eigenvalue weighted by atomic mass is 35.5. The number of anilines is 1. The van der Waals surface area contributed by atoms with E-state index in [9.17, 15) is 40.3 Å². The predicted octanol–water partition coefficient (Wildman–Crippen LogP) is 6.36. The summed E-state index contributed by atoms with van der Waals surface area (Å²) >= 11 is 6.59. The number of aliphatic hydroxyl groups is 1. The van der Waals surface area contributed by atoms with Crippen LogP contribution in [0.25, 0.3) is 22.0 Å². The third kappa shape index (κ3) is 7.90. The zero-order valence-electron chi connectivity index (χ0n) is 31.5. The van der Waals surface area contributed by atoms with Crippen molar-refractivity contribution >= 4 is 44.3 Å². The molecule has 3 N–H and O–H groups in total. The topological polar surface area (TPSA) is 153 Å². The Hall–Kier alpha value is -5.23. The fourth-order valence-corrected chi connectivity index (χ4v) is 8.78. The lowest BCUT2D eigenvalue weighted by Gasteiger charge is -2.26. The number of sulfonamides is 1. The highest BCUT2D eigenvalue weighted by molar-refractivity contribution is 7.92. The number of halogens is 8. The van der Waals surface area contributed by atoms with Gasteiger partial charge in [-0.05, 0) is 60.6 Å².